The second-order valence-corrected chi connectivity index (χ2v) is 5.86. The maximum Gasteiger partial charge on any atom is 0.276 e. The van der Waals surface area contributed by atoms with Gasteiger partial charge in [0.05, 0.1) is 7.11 Å². The molecule has 0 radical (unpaired) electrons. The molecule has 1 saturated heterocycles. The molecule has 1 aliphatic rings. The zero-order chi connectivity index (χ0) is 16.2. The summed E-state index contributed by atoms with van der Waals surface area (Å²) in [5.41, 5.74) is 1.26. The smallest absolute Gasteiger partial charge is 0.276 e. The number of amides is 1. The zero-order valence-corrected chi connectivity index (χ0v) is 13.6. The molecule has 1 aromatic heterocycles. The summed E-state index contributed by atoms with van der Waals surface area (Å²) >= 11 is 0. The van der Waals surface area contributed by atoms with Gasteiger partial charge in [-0.25, -0.2) is 0 Å². The third kappa shape index (κ3) is 3.23. The zero-order valence-electron chi connectivity index (χ0n) is 13.6. The Hall–Kier alpha value is -2.30. The molecule has 1 amide bonds. The van der Waals surface area contributed by atoms with Crippen LogP contribution < -0.4 is 4.74 Å². The van der Waals surface area contributed by atoms with Gasteiger partial charge in [0.15, 0.2) is 11.5 Å². The Morgan fingerprint density at radius 2 is 2.13 bits per heavy atom. The number of aromatic nitrogens is 1. The lowest BCUT2D eigenvalue weighted by Gasteiger charge is -2.34. The maximum atomic E-state index is 12.7. The highest BCUT2D eigenvalue weighted by atomic mass is 16.5. The molecule has 1 fully saturated rings. The summed E-state index contributed by atoms with van der Waals surface area (Å²) in [6, 6.07) is 9.55. The first-order valence-corrected chi connectivity index (χ1v) is 8.15. The summed E-state index contributed by atoms with van der Waals surface area (Å²) in [6.45, 7) is 2.93. The highest BCUT2D eigenvalue weighted by molar-refractivity contribution is 5.93. The van der Waals surface area contributed by atoms with Gasteiger partial charge in [-0.3, -0.25) is 4.79 Å². The third-order valence-electron chi connectivity index (χ3n) is 4.46. The Labute approximate surface area is 136 Å². The van der Waals surface area contributed by atoms with E-state index in [0.29, 0.717) is 17.5 Å². The van der Waals surface area contributed by atoms with Crippen molar-refractivity contribution < 1.29 is 14.1 Å². The number of carbonyl (C=O) groups is 1. The van der Waals surface area contributed by atoms with Crippen molar-refractivity contribution in [2.24, 2.45) is 0 Å². The molecule has 122 valence electrons. The average Bonchev–Trinajstić information content (AvgIpc) is 3.11. The Morgan fingerprint density at radius 1 is 1.35 bits per heavy atom. The molecule has 1 aromatic carbocycles. The van der Waals surface area contributed by atoms with E-state index >= 15 is 0 Å². The van der Waals surface area contributed by atoms with E-state index in [-0.39, 0.29) is 5.91 Å². The molecule has 1 aliphatic heterocycles. The number of piperidine rings is 1. The van der Waals surface area contributed by atoms with Gasteiger partial charge in [-0.2, -0.15) is 0 Å². The second kappa shape index (κ2) is 6.86. The second-order valence-electron chi connectivity index (χ2n) is 5.86. The van der Waals surface area contributed by atoms with Gasteiger partial charge < -0.3 is 14.2 Å². The molecule has 0 aliphatic carbocycles. The number of hydrogen-bond donors (Lipinski definition) is 0. The molecule has 0 N–H and O–H groups in total. The van der Waals surface area contributed by atoms with Crippen LogP contribution in [0.1, 0.15) is 43.1 Å². The molecule has 3 rings (SSSR count). The minimum absolute atomic E-state index is 0.0277. The first-order valence-electron chi connectivity index (χ1n) is 8.15. The molecule has 5 heteroatoms. The van der Waals surface area contributed by atoms with Crippen LogP contribution in [-0.4, -0.2) is 35.7 Å². The van der Waals surface area contributed by atoms with Crippen LogP contribution in [0.25, 0.3) is 11.3 Å². The molecule has 0 unspecified atom stereocenters. The van der Waals surface area contributed by atoms with Gasteiger partial charge >= 0.3 is 0 Å². The fraction of sp³-hybridized carbons (Fsp3) is 0.444. The summed E-state index contributed by atoms with van der Waals surface area (Å²) in [5, 5.41) is 3.98. The molecule has 1 atom stereocenters. The third-order valence-corrected chi connectivity index (χ3v) is 4.46. The summed E-state index contributed by atoms with van der Waals surface area (Å²) < 4.78 is 10.5. The van der Waals surface area contributed by atoms with Crippen LogP contribution >= 0.6 is 0 Å². The van der Waals surface area contributed by atoms with E-state index in [1.54, 1.807) is 13.2 Å². The van der Waals surface area contributed by atoms with Gasteiger partial charge in [-0.05, 0) is 49.9 Å². The predicted octanol–water partition coefficient (Wildman–Crippen LogP) is 3.75. The average molecular weight is 314 g/mol. The van der Waals surface area contributed by atoms with E-state index in [9.17, 15) is 4.79 Å². The molecule has 2 heterocycles. The van der Waals surface area contributed by atoms with E-state index in [2.05, 4.69) is 12.1 Å². The van der Waals surface area contributed by atoms with Crippen LogP contribution in [0.2, 0.25) is 0 Å². The van der Waals surface area contributed by atoms with Gasteiger partial charge in [0.25, 0.3) is 5.91 Å². The van der Waals surface area contributed by atoms with Gasteiger partial charge in [-0.1, -0.05) is 12.1 Å². The van der Waals surface area contributed by atoms with Crippen molar-refractivity contribution in [3.63, 3.8) is 0 Å². The maximum absolute atomic E-state index is 12.7. The SMILES string of the molecule is CC[C@H]1CCCCN1C(=O)c1cc(-c2ccc(OC)cc2)on1. The van der Waals surface area contributed by atoms with E-state index in [4.69, 9.17) is 9.26 Å². The number of carbonyl (C=O) groups excluding carboxylic acids is 1. The number of benzene rings is 1. The first kappa shape index (κ1) is 15.6. The lowest BCUT2D eigenvalue weighted by Crippen LogP contribution is -2.43. The molecule has 0 bridgehead atoms. The molecule has 2 aromatic rings. The summed E-state index contributed by atoms with van der Waals surface area (Å²) in [5.74, 6) is 1.35. The van der Waals surface area contributed by atoms with Crippen LogP contribution in [0.5, 0.6) is 5.75 Å². The minimum atomic E-state index is -0.0277. The molecule has 0 spiro atoms. The van der Waals surface area contributed by atoms with Crippen molar-refractivity contribution in [2.75, 3.05) is 13.7 Å². The van der Waals surface area contributed by atoms with Crippen molar-refractivity contribution in [3.05, 3.63) is 36.0 Å². The van der Waals surface area contributed by atoms with Crippen LogP contribution in [0.4, 0.5) is 0 Å². The van der Waals surface area contributed by atoms with Gasteiger partial charge in [0.2, 0.25) is 0 Å². The van der Waals surface area contributed by atoms with Crippen molar-refractivity contribution in [1.82, 2.24) is 10.1 Å². The number of likely N-dealkylation sites (tertiary alicyclic amines) is 1. The summed E-state index contributed by atoms with van der Waals surface area (Å²) in [6.07, 6.45) is 4.31. The largest absolute Gasteiger partial charge is 0.497 e. The molecular formula is C18H22N2O3. The number of rotatable bonds is 4. The van der Waals surface area contributed by atoms with Gasteiger partial charge in [-0.15, -0.1) is 0 Å². The Kier molecular flexibility index (Phi) is 4.65. The Bertz CT molecular complexity index is 663. The van der Waals surface area contributed by atoms with Crippen molar-refractivity contribution in [3.8, 4) is 17.1 Å². The molecule has 0 saturated carbocycles. The van der Waals surface area contributed by atoms with Crippen molar-refractivity contribution >= 4 is 5.91 Å². The minimum Gasteiger partial charge on any atom is -0.497 e. The number of hydrogen-bond acceptors (Lipinski definition) is 4. The fourth-order valence-electron chi connectivity index (χ4n) is 3.11. The highest BCUT2D eigenvalue weighted by Crippen LogP contribution is 2.25. The topological polar surface area (TPSA) is 55.6 Å². The monoisotopic (exact) mass is 314 g/mol. The van der Waals surface area contributed by atoms with E-state index in [1.165, 1.54) is 6.42 Å². The normalized spacial score (nSPS) is 18.0. The molecule has 5 nitrogen and oxygen atoms in total. The van der Waals surface area contributed by atoms with Crippen molar-refractivity contribution in [1.29, 1.82) is 0 Å². The van der Waals surface area contributed by atoms with Crippen molar-refractivity contribution in [2.45, 2.75) is 38.6 Å². The lowest BCUT2D eigenvalue weighted by atomic mass is 9.99. The highest BCUT2D eigenvalue weighted by Gasteiger charge is 2.28. The number of ether oxygens (including phenoxy) is 1. The van der Waals surface area contributed by atoms with E-state index < -0.39 is 0 Å². The van der Waals surface area contributed by atoms with Crippen LogP contribution in [0, 0.1) is 0 Å². The fourth-order valence-corrected chi connectivity index (χ4v) is 3.11. The number of nitrogens with zero attached hydrogens (tertiary/aromatic N) is 2. The molecular weight excluding hydrogens is 292 g/mol. The standard InChI is InChI=1S/C18H22N2O3/c1-3-14-6-4-5-11-20(14)18(21)16-12-17(23-19-16)13-7-9-15(22-2)10-8-13/h7-10,12,14H,3-6,11H2,1-2H3/t14-/m0/s1. The summed E-state index contributed by atoms with van der Waals surface area (Å²) in [7, 11) is 1.63. The van der Waals surface area contributed by atoms with Crippen LogP contribution in [-0.2, 0) is 0 Å². The van der Waals surface area contributed by atoms with E-state index in [0.717, 1.165) is 37.1 Å². The number of methoxy groups -OCH3 is 1. The Morgan fingerprint density at radius 3 is 2.83 bits per heavy atom. The summed E-state index contributed by atoms with van der Waals surface area (Å²) in [4.78, 5) is 14.6. The van der Waals surface area contributed by atoms with Gasteiger partial charge in [0, 0.05) is 24.2 Å². The van der Waals surface area contributed by atoms with Gasteiger partial charge in [0.1, 0.15) is 5.75 Å². The van der Waals surface area contributed by atoms with Crippen LogP contribution in [0.3, 0.4) is 0 Å². The quantitative estimate of drug-likeness (QED) is 0.862. The first-order chi connectivity index (χ1) is 11.2. The lowest BCUT2D eigenvalue weighted by molar-refractivity contribution is 0.0597. The predicted molar refractivity (Wildman–Crippen MR) is 87.5 cm³/mol. The molecule has 23 heavy (non-hydrogen) atoms. The van der Waals surface area contributed by atoms with E-state index in [1.807, 2.05) is 29.2 Å². The van der Waals surface area contributed by atoms with Crippen LogP contribution in [0.15, 0.2) is 34.9 Å². The Balaban J connectivity index is 1.78.